The molecular formula is C11H11ClN4O. The maximum absolute atomic E-state index is 11.7. The number of guanidine groups is 1. The molecule has 0 fully saturated rings. The summed E-state index contributed by atoms with van der Waals surface area (Å²) in [6.07, 6.45) is 0. The molecule has 0 aliphatic rings. The molecular weight excluding hydrogens is 240 g/mol. The Morgan fingerprint density at radius 2 is 2.24 bits per heavy atom. The summed E-state index contributed by atoms with van der Waals surface area (Å²) in [7, 11) is 1.50. The van der Waals surface area contributed by atoms with Gasteiger partial charge in [0.25, 0.3) is 5.91 Å². The van der Waals surface area contributed by atoms with E-state index in [1.807, 2.05) is 6.07 Å². The Labute approximate surface area is 103 Å². The lowest BCUT2D eigenvalue weighted by atomic mass is 10.2. The molecule has 0 saturated carbocycles. The van der Waals surface area contributed by atoms with Crippen molar-refractivity contribution in [1.82, 2.24) is 10.3 Å². The summed E-state index contributed by atoms with van der Waals surface area (Å²) in [5, 5.41) is 3.97. The molecule has 5 nitrogen and oxygen atoms in total. The van der Waals surface area contributed by atoms with Gasteiger partial charge in [-0.3, -0.25) is 15.1 Å². The van der Waals surface area contributed by atoms with Crippen LogP contribution < -0.4 is 11.1 Å². The summed E-state index contributed by atoms with van der Waals surface area (Å²) in [6.45, 7) is 0. The van der Waals surface area contributed by atoms with Gasteiger partial charge in [-0.2, -0.15) is 0 Å². The lowest BCUT2D eigenvalue weighted by molar-refractivity contribution is 0.0972. The molecule has 1 aromatic heterocycles. The Bertz CT molecular complexity index is 603. The third kappa shape index (κ3) is 2.39. The molecule has 1 amide bonds. The van der Waals surface area contributed by atoms with Crippen LogP contribution in [0.2, 0.25) is 5.02 Å². The van der Waals surface area contributed by atoms with Crippen LogP contribution in [0.5, 0.6) is 0 Å². The van der Waals surface area contributed by atoms with Gasteiger partial charge in [0.05, 0.1) is 0 Å². The Kier molecular flexibility index (Phi) is 3.01. The van der Waals surface area contributed by atoms with E-state index in [-0.39, 0.29) is 11.9 Å². The zero-order chi connectivity index (χ0) is 12.4. The molecule has 2 aromatic rings. The number of aromatic amines is 1. The molecule has 88 valence electrons. The molecule has 0 saturated heterocycles. The van der Waals surface area contributed by atoms with E-state index in [9.17, 15) is 4.79 Å². The average molecular weight is 251 g/mol. The second-order valence-electron chi connectivity index (χ2n) is 3.48. The minimum absolute atomic E-state index is 0.0756. The van der Waals surface area contributed by atoms with Gasteiger partial charge in [0.1, 0.15) is 5.69 Å². The number of benzene rings is 1. The fourth-order valence-electron chi connectivity index (χ4n) is 1.46. The zero-order valence-corrected chi connectivity index (χ0v) is 9.88. The van der Waals surface area contributed by atoms with Crippen LogP contribution in [0.15, 0.2) is 29.3 Å². The number of carbonyl (C=O) groups is 1. The smallest absolute Gasteiger partial charge is 0.274 e. The van der Waals surface area contributed by atoms with Crippen LogP contribution in [0.4, 0.5) is 0 Å². The van der Waals surface area contributed by atoms with Crippen LogP contribution in [-0.4, -0.2) is 23.9 Å². The summed E-state index contributed by atoms with van der Waals surface area (Å²) in [5.41, 5.74) is 6.62. The van der Waals surface area contributed by atoms with Crippen molar-refractivity contribution in [2.24, 2.45) is 10.7 Å². The highest BCUT2D eigenvalue weighted by Gasteiger charge is 2.10. The number of fused-ring (bicyclic) bond motifs is 1. The maximum Gasteiger partial charge on any atom is 0.274 e. The predicted octanol–water partition coefficient (Wildman–Crippen LogP) is 1.50. The number of halogens is 1. The highest BCUT2D eigenvalue weighted by atomic mass is 35.5. The van der Waals surface area contributed by atoms with Gasteiger partial charge in [-0.15, -0.1) is 0 Å². The maximum atomic E-state index is 11.7. The van der Waals surface area contributed by atoms with E-state index in [2.05, 4.69) is 15.3 Å². The first kappa shape index (κ1) is 11.5. The van der Waals surface area contributed by atoms with Crippen molar-refractivity contribution in [2.75, 3.05) is 7.05 Å². The predicted molar refractivity (Wildman–Crippen MR) is 68.3 cm³/mol. The Morgan fingerprint density at radius 1 is 1.47 bits per heavy atom. The number of H-pyrrole nitrogens is 1. The second-order valence-corrected chi connectivity index (χ2v) is 3.91. The Balaban J connectivity index is 2.33. The van der Waals surface area contributed by atoms with Gasteiger partial charge in [-0.25, -0.2) is 0 Å². The largest absolute Gasteiger partial charge is 0.370 e. The number of rotatable bonds is 1. The Hall–Kier alpha value is -2.01. The van der Waals surface area contributed by atoms with Crippen molar-refractivity contribution >= 4 is 34.4 Å². The molecule has 0 atom stereocenters. The van der Waals surface area contributed by atoms with Gasteiger partial charge >= 0.3 is 0 Å². The van der Waals surface area contributed by atoms with E-state index in [4.69, 9.17) is 17.3 Å². The molecule has 0 bridgehead atoms. The van der Waals surface area contributed by atoms with Gasteiger partial charge < -0.3 is 10.7 Å². The number of hydrogen-bond acceptors (Lipinski definition) is 2. The van der Waals surface area contributed by atoms with E-state index < -0.39 is 0 Å². The van der Waals surface area contributed by atoms with Crippen molar-refractivity contribution in [3.05, 3.63) is 35.0 Å². The van der Waals surface area contributed by atoms with Gasteiger partial charge in [-0.05, 0) is 18.2 Å². The lowest BCUT2D eigenvalue weighted by Crippen LogP contribution is -2.36. The summed E-state index contributed by atoms with van der Waals surface area (Å²) in [4.78, 5) is 18.3. The van der Waals surface area contributed by atoms with Crippen LogP contribution in [0.3, 0.4) is 0 Å². The third-order valence-corrected chi connectivity index (χ3v) is 2.55. The first-order chi connectivity index (χ1) is 8.10. The zero-order valence-electron chi connectivity index (χ0n) is 9.12. The highest BCUT2D eigenvalue weighted by Crippen LogP contribution is 2.19. The van der Waals surface area contributed by atoms with Gasteiger partial charge in [-0.1, -0.05) is 17.7 Å². The fourth-order valence-corrected chi connectivity index (χ4v) is 1.63. The molecule has 1 heterocycles. The van der Waals surface area contributed by atoms with Crippen molar-refractivity contribution in [3.63, 3.8) is 0 Å². The summed E-state index contributed by atoms with van der Waals surface area (Å²) in [5.74, 6) is -0.257. The van der Waals surface area contributed by atoms with Crippen molar-refractivity contribution < 1.29 is 4.79 Å². The summed E-state index contributed by atoms with van der Waals surface area (Å²) < 4.78 is 0. The van der Waals surface area contributed by atoms with Gasteiger partial charge in [0.15, 0.2) is 5.96 Å². The first-order valence-corrected chi connectivity index (χ1v) is 5.30. The van der Waals surface area contributed by atoms with Gasteiger partial charge in [0, 0.05) is 23.0 Å². The quantitative estimate of drug-likeness (QED) is 0.529. The van der Waals surface area contributed by atoms with Crippen molar-refractivity contribution in [2.45, 2.75) is 0 Å². The molecule has 4 N–H and O–H groups in total. The number of carbonyl (C=O) groups excluding carboxylic acids is 1. The highest BCUT2D eigenvalue weighted by molar-refractivity contribution is 6.31. The summed E-state index contributed by atoms with van der Waals surface area (Å²) in [6, 6.07) is 7.08. The SMILES string of the molecule is CN=C(N)NC(=O)c1cc2ccc(Cl)cc2[nH]1. The monoisotopic (exact) mass is 250 g/mol. The normalized spacial score (nSPS) is 11.8. The minimum atomic E-state index is -0.333. The number of aromatic nitrogens is 1. The standard InChI is InChI=1S/C11H11ClN4O/c1-14-11(13)16-10(17)9-4-6-2-3-7(12)5-8(6)15-9/h2-5,15H,1H3,(H3,13,14,16,17). The van der Waals surface area contributed by atoms with Crippen LogP contribution in [-0.2, 0) is 0 Å². The number of nitrogens with two attached hydrogens (primary N) is 1. The number of aliphatic imine (C=N–C) groups is 1. The average Bonchev–Trinajstić information content (AvgIpc) is 2.71. The second kappa shape index (κ2) is 4.47. The van der Waals surface area contributed by atoms with Gasteiger partial charge in [0.2, 0.25) is 0 Å². The number of hydrogen-bond donors (Lipinski definition) is 3. The van der Waals surface area contributed by atoms with Crippen molar-refractivity contribution in [1.29, 1.82) is 0 Å². The topological polar surface area (TPSA) is 83.3 Å². The van der Waals surface area contributed by atoms with Crippen LogP contribution in [0.1, 0.15) is 10.5 Å². The number of amides is 1. The van der Waals surface area contributed by atoms with E-state index in [1.54, 1.807) is 18.2 Å². The van der Waals surface area contributed by atoms with E-state index >= 15 is 0 Å². The number of nitrogens with zero attached hydrogens (tertiary/aromatic N) is 1. The molecule has 1 aromatic carbocycles. The van der Waals surface area contributed by atoms with Crippen LogP contribution in [0.25, 0.3) is 10.9 Å². The molecule has 0 radical (unpaired) electrons. The molecule has 6 heteroatoms. The number of nitrogens with one attached hydrogen (secondary N) is 2. The fraction of sp³-hybridized carbons (Fsp3) is 0.0909. The molecule has 0 spiro atoms. The first-order valence-electron chi connectivity index (χ1n) is 4.92. The molecule has 0 aliphatic heterocycles. The van der Waals surface area contributed by atoms with Crippen molar-refractivity contribution in [3.8, 4) is 0 Å². The molecule has 0 unspecified atom stereocenters. The lowest BCUT2D eigenvalue weighted by Gasteiger charge is -2.00. The van der Waals surface area contributed by atoms with E-state index in [1.165, 1.54) is 7.05 Å². The molecule has 17 heavy (non-hydrogen) atoms. The van der Waals surface area contributed by atoms with Crippen LogP contribution in [0, 0.1) is 0 Å². The van der Waals surface area contributed by atoms with Crippen LogP contribution >= 0.6 is 11.6 Å². The molecule has 0 aliphatic carbocycles. The third-order valence-electron chi connectivity index (χ3n) is 2.31. The van der Waals surface area contributed by atoms with E-state index in [0.29, 0.717) is 10.7 Å². The van der Waals surface area contributed by atoms with E-state index in [0.717, 1.165) is 10.9 Å². The summed E-state index contributed by atoms with van der Waals surface area (Å²) >= 11 is 5.85. The minimum Gasteiger partial charge on any atom is -0.370 e. The Morgan fingerprint density at radius 3 is 2.94 bits per heavy atom. The molecule has 2 rings (SSSR count).